The van der Waals surface area contributed by atoms with Gasteiger partial charge in [-0.2, -0.15) is 0 Å². The fraction of sp³-hybridized carbons (Fsp3) is 0.333. The summed E-state index contributed by atoms with van der Waals surface area (Å²) in [6.07, 6.45) is 0.387. The van der Waals surface area contributed by atoms with Gasteiger partial charge in [0.05, 0.1) is 26.2 Å². The highest BCUT2D eigenvalue weighted by molar-refractivity contribution is 5.97. The summed E-state index contributed by atoms with van der Waals surface area (Å²) in [6, 6.07) is 14.9. The normalized spacial score (nSPS) is 14.0. The third kappa shape index (κ3) is 4.39. The van der Waals surface area contributed by atoms with Crippen molar-refractivity contribution in [3.05, 3.63) is 59.7 Å². The van der Waals surface area contributed by atoms with Gasteiger partial charge >= 0.3 is 0 Å². The zero-order valence-electron chi connectivity index (χ0n) is 15.7. The van der Waals surface area contributed by atoms with Crippen molar-refractivity contribution in [3.63, 3.8) is 0 Å². The van der Waals surface area contributed by atoms with Crippen LogP contribution in [0.5, 0.6) is 11.5 Å². The summed E-state index contributed by atoms with van der Waals surface area (Å²) < 4.78 is 10.5. The molecule has 0 aromatic heterocycles. The molecule has 2 amide bonds. The number of carbonyl (C=O) groups excluding carboxylic acids is 2. The first-order chi connectivity index (χ1) is 13.1. The van der Waals surface area contributed by atoms with E-state index in [1.807, 2.05) is 35.2 Å². The molecule has 1 saturated heterocycles. The molecule has 0 aliphatic carbocycles. The van der Waals surface area contributed by atoms with Crippen LogP contribution in [0, 0.1) is 0 Å². The van der Waals surface area contributed by atoms with Crippen LogP contribution in [0.2, 0.25) is 0 Å². The van der Waals surface area contributed by atoms with E-state index in [9.17, 15) is 9.59 Å². The molecule has 0 spiro atoms. The molecule has 0 saturated carbocycles. The minimum atomic E-state index is -0.110. The first kappa shape index (κ1) is 18.8. The second-order valence-electron chi connectivity index (χ2n) is 6.40. The van der Waals surface area contributed by atoms with Crippen LogP contribution < -0.4 is 9.47 Å². The van der Waals surface area contributed by atoms with Crippen LogP contribution in [0.1, 0.15) is 15.9 Å². The van der Waals surface area contributed by atoms with E-state index in [0.29, 0.717) is 49.7 Å². The minimum Gasteiger partial charge on any atom is -0.497 e. The molecule has 2 aromatic rings. The number of benzene rings is 2. The lowest BCUT2D eigenvalue weighted by atomic mass is 10.1. The van der Waals surface area contributed by atoms with Crippen molar-refractivity contribution in [2.75, 3.05) is 40.4 Å². The number of piperazine rings is 1. The van der Waals surface area contributed by atoms with Crippen LogP contribution in [0.3, 0.4) is 0 Å². The Morgan fingerprint density at radius 1 is 0.889 bits per heavy atom. The molecular formula is C21H24N2O4. The van der Waals surface area contributed by atoms with Crippen LogP contribution >= 0.6 is 0 Å². The number of ether oxygens (including phenoxy) is 2. The van der Waals surface area contributed by atoms with E-state index in [1.165, 1.54) is 0 Å². The van der Waals surface area contributed by atoms with Crippen molar-refractivity contribution in [1.29, 1.82) is 0 Å². The molecule has 1 fully saturated rings. The van der Waals surface area contributed by atoms with Crippen molar-refractivity contribution in [2.45, 2.75) is 6.42 Å². The summed E-state index contributed by atoms with van der Waals surface area (Å²) >= 11 is 0. The standard InChI is InChI=1S/C21H24N2O4/c1-26-17-8-9-19(27-2)18(15-17)21(25)23-12-10-22(11-13-23)20(24)14-16-6-4-3-5-7-16/h3-9,15H,10-14H2,1-2H3. The van der Waals surface area contributed by atoms with Gasteiger partial charge in [-0.15, -0.1) is 0 Å². The lowest BCUT2D eigenvalue weighted by Crippen LogP contribution is -2.51. The molecule has 2 aromatic carbocycles. The van der Waals surface area contributed by atoms with E-state index in [0.717, 1.165) is 5.56 Å². The average Bonchev–Trinajstić information content (AvgIpc) is 2.73. The highest BCUT2D eigenvalue weighted by Gasteiger charge is 2.26. The Labute approximate surface area is 159 Å². The number of carbonyl (C=O) groups is 2. The highest BCUT2D eigenvalue weighted by Crippen LogP contribution is 2.25. The fourth-order valence-electron chi connectivity index (χ4n) is 3.19. The Balaban J connectivity index is 1.62. The average molecular weight is 368 g/mol. The molecule has 6 heteroatoms. The van der Waals surface area contributed by atoms with Gasteiger partial charge in [0.25, 0.3) is 5.91 Å². The molecule has 0 radical (unpaired) electrons. The third-order valence-corrected chi connectivity index (χ3v) is 4.75. The fourth-order valence-corrected chi connectivity index (χ4v) is 3.19. The van der Waals surface area contributed by atoms with Gasteiger partial charge in [0.2, 0.25) is 5.91 Å². The van der Waals surface area contributed by atoms with Crippen LogP contribution in [-0.4, -0.2) is 62.0 Å². The molecule has 0 N–H and O–H groups in total. The minimum absolute atomic E-state index is 0.0901. The first-order valence-corrected chi connectivity index (χ1v) is 8.95. The Kier molecular flexibility index (Phi) is 5.96. The van der Waals surface area contributed by atoms with Crippen molar-refractivity contribution in [3.8, 4) is 11.5 Å². The number of nitrogens with zero attached hydrogens (tertiary/aromatic N) is 2. The number of rotatable bonds is 5. The van der Waals surface area contributed by atoms with Gasteiger partial charge in [0.15, 0.2) is 0 Å². The monoisotopic (exact) mass is 368 g/mol. The van der Waals surface area contributed by atoms with Gasteiger partial charge in [-0.05, 0) is 23.8 Å². The molecule has 0 atom stereocenters. The van der Waals surface area contributed by atoms with Crippen LogP contribution in [0.25, 0.3) is 0 Å². The largest absolute Gasteiger partial charge is 0.497 e. The number of methoxy groups -OCH3 is 2. The lowest BCUT2D eigenvalue weighted by Gasteiger charge is -2.35. The van der Waals surface area contributed by atoms with E-state index in [1.54, 1.807) is 37.3 Å². The van der Waals surface area contributed by atoms with Crippen LogP contribution in [0.15, 0.2) is 48.5 Å². The van der Waals surface area contributed by atoms with Gasteiger partial charge in [0, 0.05) is 26.2 Å². The van der Waals surface area contributed by atoms with E-state index < -0.39 is 0 Å². The van der Waals surface area contributed by atoms with Crippen molar-refractivity contribution >= 4 is 11.8 Å². The molecule has 0 unspecified atom stereocenters. The van der Waals surface area contributed by atoms with E-state index >= 15 is 0 Å². The summed E-state index contributed by atoms with van der Waals surface area (Å²) in [6.45, 7) is 2.06. The molecule has 1 heterocycles. The predicted octanol–water partition coefficient (Wildman–Crippen LogP) is 2.23. The maximum atomic E-state index is 12.9. The van der Waals surface area contributed by atoms with Gasteiger partial charge in [-0.25, -0.2) is 0 Å². The number of hydrogen-bond donors (Lipinski definition) is 0. The summed E-state index contributed by atoms with van der Waals surface area (Å²) in [5, 5.41) is 0. The predicted molar refractivity (Wildman–Crippen MR) is 102 cm³/mol. The zero-order valence-corrected chi connectivity index (χ0v) is 15.7. The zero-order chi connectivity index (χ0) is 19.2. The molecule has 27 heavy (non-hydrogen) atoms. The SMILES string of the molecule is COc1ccc(OC)c(C(=O)N2CCN(C(=O)Cc3ccccc3)CC2)c1. The van der Waals surface area contributed by atoms with Gasteiger partial charge < -0.3 is 19.3 Å². The van der Waals surface area contributed by atoms with Crippen LogP contribution in [0.4, 0.5) is 0 Å². The van der Waals surface area contributed by atoms with E-state index in [2.05, 4.69) is 0 Å². The summed E-state index contributed by atoms with van der Waals surface area (Å²) in [5.74, 6) is 1.10. The van der Waals surface area contributed by atoms with Crippen molar-refractivity contribution in [1.82, 2.24) is 9.80 Å². The molecule has 6 nitrogen and oxygen atoms in total. The molecule has 1 aliphatic rings. The van der Waals surface area contributed by atoms with Crippen molar-refractivity contribution in [2.24, 2.45) is 0 Å². The van der Waals surface area contributed by atoms with Crippen LogP contribution in [-0.2, 0) is 11.2 Å². The third-order valence-electron chi connectivity index (χ3n) is 4.75. The van der Waals surface area contributed by atoms with Gasteiger partial charge in [0.1, 0.15) is 11.5 Å². The Bertz CT molecular complexity index is 799. The maximum Gasteiger partial charge on any atom is 0.257 e. The number of amides is 2. The summed E-state index contributed by atoms with van der Waals surface area (Å²) in [4.78, 5) is 29.0. The quantitative estimate of drug-likeness (QED) is 0.812. The summed E-state index contributed by atoms with van der Waals surface area (Å²) in [7, 11) is 3.10. The highest BCUT2D eigenvalue weighted by atomic mass is 16.5. The molecule has 142 valence electrons. The Morgan fingerprint density at radius 2 is 1.56 bits per heavy atom. The number of hydrogen-bond acceptors (Lipinski definition) is 4. The van der Waals surface area contributed by atoms with Crippen molar-refractivity contribution < 1.29 is 19.1 Å². The molecule has 1 aliphatic heterocycles. The molecule has 3 rings (SSSR count). The van der Waals surface area contributed by atoms with Gasteiger partial charge in [-0.3, -0.25) is 9.59 Å². The lowest BCUT2D eigenvalue weighted by molar-refractivity contribution is -0.131. The van der Waals surface area contributed by atoms with Gasteiger partial charge in [-0.1, -0.05) is 30.3 Å². The Hall–Kier alpha value is -3.02. The first-order valence-electron chi connectivity index (χ1n) is 8.95. The van der Waals surface area contributed by atoms with E-state index in [-0.39, 0.29) is 11.8 Å². The maximum absolute atomic E-state index is 12.9. The van der Waals surface area contributed by atoms with E-state index in [4.69, 9.17) is 9.47 Å². The Morgan fingerprint density at radius 3 is 2.19 bits per heavy atom. The molecule has 0 bridgehead atoms. The second kappa shape index (κ2) is 8.58. The topological polar surface area (TPSA) is 59.1 Å². The smallest absolute Gasteiger partial charge is 0.257 e. The molecular weight excluding hydrogens is 344 g/mol. The second-order valence-corrected chi connectivity index (χ2v) is 6.40. The summed E-state index contributed by atoms with van der Waals surface area (Å²) in [5.41, 5.74) is 1.48.